The summed E-state index contributed by atoms with van der Waals surface area (Å²) in [5.41, 5.74) is 6.55. The van der Waals surface area contributed by atoms with E-state index >= 15 is 0 Å². The van der Waals surface area contributed by atoms with Crippen molar-refractivity contribution < 1.29 is 20.4 Å². The number of carboxylic acids is 1. The quantitative estimate of drug-likeness (QED) is 0.627. The fourth-order valence-electron chi connectivity index (χ4n) is 2.01. The topological polar surface area (TPSA) is 126 Å². The van der Waals surface area contributed by atoms with Gasteiger partial charge < -0.3 is 15.6 Å². The molecule has 0 saturated heterocycles. The molecule has 3 rings (SSSR count). The van der Waals surface area contributed by atoms with Gasteiger partial charge in [-0.3, -0.25) is 20.2 Å². The van der Waals surface area contributed by atoms with E-state index in [2.05, 4.69) is 35.0 Å². The smallest absolute Gasteiger partial charge is 0.289 e. The van der Waals surface area contributed by atoms with Gasteiger partial charge in [0.25, 0.3) is 5.91 Å². The van der Waals surface area contributed by atoms with Gasteiger partial charge in [0.05, 0.1) is 22.2 Å². The maximum absolute atomic E-state index is 12.2. The Labute approximate surface area is 160 Å². The Morgan fingerprint density at radius 1 is 1.22 bits per heavy atom. The number of hydrogen-bond acceptors (Lipinski definition) is 7. The Hall–Kier alpha value is -3.04. The van der Waals surface area contributed by atoms with E-state index in [0.717, 1.165) is 10.2 Å². The van der Waals surface area contributed by atoms with Gasteiger partial charge in [0.2, 0.25) is 5.13 Å². The molecule has 0 fully saturated rings. The molecule has 2 aromatic heterocycles. The summed E-state index contributed by atoms with van der Waals surface area (Å²) in [4.78, 5) is 31.5. The van der Waals surface area contributed by atoms with Gasteiger partial charge in [0, 0.05) is 18.8 Å². The second-order valence-electron chi connectivity index (χ2n) is 6.04. The molecule has 3 aromatic rings. The SMILES string of the molecule is CC(C)[NH3+].CN(NC(=O)c1ncccc1C(=O)[O-])c1nc2ccccc2s1. The van der Waals surface area contributed by atoms with Crippen LogP contribution in [0.3, 0.4) is 0 Å². The molecular formula is C18H21N5O3S. The molecule has 4 N–H and O–H groups in total. The molecule has 8 nitrogen and oxygen atoms in total. The molecule has 0 bridgehead atoms. The van der Waals surface area contributed by atoms with Gasteiger partial charge in [-0.05, 0) is 38.1 Å². The highest BCUT2D eigenvalue weighted by Gasteiger charge is 2.16. The summed E-state index contributed by atoms with van der Waals surface area (Å²) in [6, 6.07) is 10.9. The highest BCUT2D eigenvalue weighted by Crippen LogP contribution is 2.26. The maximum Gasteiger partial charge on any atom is 0.289 e. The molecule has 0 saturated carbocycles. The number of pyridine rings is 1. The van der Waals surface area contributed by atoms with E-state index in [1.54, 1.807) is 7.05 Å². The lowest BCUT2D eigenvalue weighted by Crippen LogP contribution is -2.57. The third-order valence-electron chi connectivity index (χ3n) is 3.08. The Bertz CT molecular complexity index is 906. The zero-order valence-corrected chi connectivity index (χ0v) is 16.1. The number of carbonyl (C=O) groups is 2. The third-order valence-corrected chi connectivity index (χ3v) is 4.19. The first-order valence-electron chi connectivity index (χ1n) is 8.19. The van der Waals surface area contributed by atoms with Gasteiger partial charge in [-0.1, -0.05) is 23.5 Å². The average molecular weight is 387 g/mol. The normalized spacial score (nSPS) is 10.3. The van der Waals surface area contributed by atoms with Crippen LogP contribution < -0.4 is 21.3 Å². The molecule has 2 heterocycles. The molecule has 142 valence electrons. The number of benzene rings is 1. The summed E-state index contributed by atoms with van der Waals surface area (Å²) in [5.74, 6) is -2.10. The molecule has 1 amide bonds. The minimum Gasteiger partial charge on any atom is -0.545 e. The summed E-state index contributed by atoms with van der Waals surface area (Å²) in [6.45, 7) is 4.11. The second kappa shape index (κ2) is 9.06. The largest absolute Gasteiger partial charge is 0.545 e. The lowest BCUT2D eigenvalue weighted by Gasteiger charge is -2.17. The second-order valence-corrected chi connectivity index (χ2v) is 7.05. The number of thiazole rings is 1. The van der Waals surface area contributed by atoms with Crippen LogP contribution in [0.4, 0.5) is 5.13 Å². The molecule has 0 radical (unpaired) electrons. The van der Waals surface area contributed by atoms with E-state index < -0.39 is 11.9 Å². The number of carbonyl (C=O) groups excluding carboxylic acids is 2. The van der Waals surface area contributed by atoms with Crippen LogP contribution in [-0.4, -0.2) is 34.9 Å². The number of aromatic carboxylic acids is 1. The van der Waals surface area contributed by atoms with E-state index in [1.807, 2.05) is 24.3 Å². The Morgan fingerprint density at radius 3 is 2.52 bits per heavy atom. The van der Waals surface area contributed by atoms with E-state index in [4.69, 9.17) is 0 Å². The van der Waals surface area contributed by atoms with Gasteiger partial charge >= 0.3 is 0 Å². The fraction of sp³-hybridized carbons (Fsp3) is 0.222. The van der Waals surface area contributed by atoms with Crippen LogP contribution in [0.15, 0.2) is 42.6 Å². The van der Waals surface area contributed by atoms with E-state index in [-0.39, 0.29) is 11.3 Å². The van der Waals surface area contributed by atoms with E-state index in [9.17, 15) is 14.7 Å². The number of amides is 1. The van der Waals surface area contributed by atoms with Gasteiger partial charge in [-0.2, -0.15) is 0 Å². The van der Waals surface area contributed by atoms with Crippen LogP contribution in [0.25, 0.3) is 10.2 Å². The first-order chi connectivity index (χ1) is 12.8. The number of rotatable bonds is 4. The minimum absolute atomic E-state index is 0.208. The molecule has 9 heteroatoms. The van der Waals surface area contributed by atoms with E-state index in [0.29, 0.717) is 11.2 Å². The molecule has 0 unspecified atom stereocenters. The zero-order chi connectivity index (χ0) is 20.0. The van der Waals surface area contributed by atoms with Crippen molar-refractivity contribution in [3.8, 4) is 0 Å². The summed E-state index contributed by atoms with van der Waals surface area (Å²) < 4.78 is 0.983. The minimum atomic E-state index is -1.45. The van der Waals surface area contributed by atoms with Crippen molar-refractivity contribution in [1.29, 1.82) is 0 Å². The molecule has 0 atom stereocenters. The molecule has 0 aliphatic rings. The third kappa shape index (κ3) is 5.47. The van der Waals surface area contributed by atoms with Gasteiger partial charge in [0.15, 0.2) is 0 Å². The zero-order valence-electron chi connectivity index (χ0n) is 15.3. The number of nitrogens with zero attached hydrogens (tertiary/aromatic N) is 3. The number of fused-ring (bicyclic) bond motifs is 1. The van der Waals surface area contributed by atoms with Crippen LogP contribution in [-0.2, 0) is 0 Å². The first-order valence-corrected chi connectivity index (χ1v) is 9.01. The summed E-state index contributed by atoms with van der Waals surface area (Å²) >= 11 is 1.40. The van der Waals surface area contributed by atoms with Crippen LogP contribution >= 0.6 is 11.3 Å². The number of nitrogens with one attached hydrogen (secondary N) is 1. The molecule has 27 heavy (non-hydrogen) atoms. The van der Waals surface area contributed by atoms with Crippen LogP contribution in [0.1, 0.15) is 34.7 Å². The number of hydrogen-bond donors (Lipinski definition) is 2. The number of anilines is 1. The summed E-state index contributed by atoms with van der Waals surface area (Å²) in [7, 11) is 1.62. The highest BCUT2D eigenvalue weighted by atomic mass is 32.1. The van der Waals surface area contributed by atoms with Gasteiger partial charge in [-0.25, -0.2) is 4.98 Å². The van der Waals surface area contributed by atoms with Crippen LogP contribution in [0.2, 0.25) is 0 Å². The van der Waals surface area contributed by atoms with Crippen molar-refractivity contribution in [2.24, 2.45) is 0 Å². The van der Waals surface area contributed by atoms with Crippen LogP contribution in [0, 0.1) is 0 Å². The summed E-state index contributed by atoms with van der Waals surface area (Å²) in [5, 5.41) is 13.1. The monoisotopic (exact) mass is 387 g/mol. The molecule has 0 aliphatic heterocycles. The Balaban J connectivity index is 0.000000596. The lowest BCUT2D eigenvalue weighted by molar-refractivity contribution is -0.407. The molecule has 0 aliphatic carbocycles. The average Bonchev–Trinajstić information content (AvgIpc) is 3.05. The van der Waals surface area contributed by atoms with E-state index in [1.165, 1.54) is 34.7 Å². The number of quaternary nitrogens is 1. The Kier molecular flexibility index (Phi) is 6.80. The van der Waals surface area contributed by atoms with Crippen molar-refractivity contribution in [2.75, 3.05) is 12.1 Å². The number of aromatic nitrogens is 2. The van der Waals surface area contributed by atoms with Crippen molar-refractivity contribution >= 4 is 38.6 Å². The number of carboxylic acid groups (broad SMARTS) is 1. The summed E-state index contributed by atoms with van der Waals surface area (Å²) in [6.07, 6.45) is 1.35. The first kappa shape index (κ1) is 20.3. The molecular weight excluding hydrogens is 366 g/mol. The maximum atomic E-state index is 12.2. The Morgan fingerprint density at radius 2 is 1.89 bits per heavy atom. The number of hydrazine groups is 1. The van der Waals surface area contributed by atoms with Crippen molar-refractivity contribution in [3.05, 3.63) is 53.9 Å². The fourth-order valence-corrected chi connectivity index (χ4v) is 2.90. The van der Waals surface area contributed by atoms with Crippen molar-refractivity contribution in [1.82, 2.24) is 15.4 Å². The predicted octanol–water partition coefficient (Wildman–Crippen LogP) is 0.473. The van der Waals surface area contributed by atoms with Crippen molar-refractivity contribution in [2.45, 2.75) is 19.9 Å². The van der Waals surface area contributed by atoms with Crippen molar-refractivity contribution in [3.63, 3.8) is 0 Å². The highest BCUT2D eigenvalue weighted by molar-refractivity contribution is 7.22. The molecule has 0 spiro atoms. The van der Waals surface area contributed by atoms with Gasteiger partial charge in [0.1, 0.15) is 5.69 Å². The van der Waals surface area contributed by atoms with Gasteiger partial charge in [-0.15, -0.1) is 0 Å². The molecule has 1 aromatic carbocycles. The standard InChI is InChI=1S/C15H12N4O3S.C3H9N/c1-19(15-17-10-6-2-3-7-11(10)23-15)18-13(20)12-9(14(21)22)5-4-8-16-12;1-3(2)4/h2-8H,1H3,(H,18,20)(H,21,22);3H,4H2,1-2H3. The van der Waals surface area contributed by atoms with Crippen LogP contribution in [0.5, 0.6) is 0 Å². The lowest BCUT2D eigenvalue weighted by atomic mass is 10.2. The predicted molar refractivity (Wildman–Crippen MR) is 102 cm³/mol. The number of para-hydroxylation sites is 1.